The van der Waals surface area contributed by atoms with Gasteiger partial charge in [-0.2, -0.15) is 0 Å². The predicted octanol–water partition coefficient (Wildman–Crippen LogP) is 5.20. The van der Waals surface area contributed by atoms with Crippen LogP contribution < -0.4 is 0 Å². The largest absolute Gasteiger partial charge is 0.431 e. The summed E-state index contributed by atoms with van der Waals surface area (Å²) >= 11 is 1.71. The van der Waals surface area contributed by atoms with Crippen molar-refractivity contribution in [2.45, 2.75) is 18.1 Å². The van der Waals surface area contributed by atoms with Gasteiger partial charge >= 0.3 is 0 Å². The Bertz CT molecular complexity index is 738. The van der Waals surface area contributed by atoms with Gasteiger partial charge in [-0.05, 0) is 25.9 Å². The Kier molecular flexibility index (Phi) is 5.19. The van der Waals surface area contributed by atoms with Gasteiger partial charge in [-0.15, -0.1) is 0 Å². The fourth-order valence-corrected chi connectivity index (χ4v) is 4.03. The molecule has 2 aromatic carbocycles. The second-order valence-corrected chi connectivity index (χ2v) is 7.33. The van der Waals surface area contributed by atoms with Crippen molar-refractivity contribution in [3.05, 3.63) is 60.7 Å². The predicted molar refractivity (Wildman–Crippen MR) is 104 cm³/mol. The zero-order valence-corrected chi connectivity index (χ0v) is 15.0. The molecule has 0 radical (unpaired) electrons. The highest BCUT2D eigenvalue weighted by atomic mass is 32.2. The first-order chi connectivity index (χ1) is 12.4. The molecule has 3 nitrogen and oxygen atoms in total. The third-order valence-electron chi connectivity index (χ3n) is 4.52. The normalized spacial score (nSPS) is 14.9. The number of likely N-dealkylation sites (tertiary alicyclic amines) is 1. The molecule has 25 heavy (non-hydrogen) atoms. The molecular weight excluding hydrogens is 328 g/mol. The summed E-state index contributed by atoms with van der Waals surface area (Å²) in [6.07, 6.45) is 2.67. The molecule has 4 heteroatoms. The molecule has 1 aliphatic rings. The number of hydrogen-bond acceptors (Lipinski definition) is 4. The van der Waals surface area contributed by atoms with Crippen LogP contribution in [0.4, 0.5) is 0 Å². The van der Waals surface area contributed by atoms with Crippen molar-refractivity contribution in [3.8, 4) is 22.6 Å². The van der Waals surface area contributed by atoms with Crippen LogP contribution in [0.15, 0.2) is 70.3 Å². The van der Waals surface area contributed by atoms with Gasteiger partial charge < -0.3 is 9.32 Å². The molecule has 0 atom stereocenters. The van der Waals surface area contributed by atoms with Crippen molar-refractivity contribution in [3.63, 3.8) is 0 Å². The molecule has 0 saturated carbocycles. The number of oxazole rings is 1. The minimum atomic E-state index is 0.761. The van der Waals surface area contributed by atoms with Crippen molar-refractivity contribution >= 4 is 11.8 Å². The van der Waals surface area contributed by atoms with E-state index in [0.717, 1.165) is 40.1 Å². The van der Waals surface area contributed by atoms with Crippen LogP contribution in [0.5, 0.6) is 0 Å². The van der Waals surface area contributed by atoms with Crippen LogP contribution in [0.2, 0.25) is 0 Å². The SMILES string of the molecule is c1ccc(-c2nc(SCCN3CCCC3)oc2-c2ccccc2)cc1. The van der Waals surface area contributed by atoms with Crippen LogP contribution in [0.3, 0.4) is 0 Å². The van der Waals surface area contributed by atoms with Crippen molar-refractivity contribution in [2.75, 3.05) is 25.4 Å². The third kappa shape index (κ3) is 3.97. The van der Waals surface area contributed by atoms with Gasteiger partial charge in [0.15, 0.2) is 5.76 Å². The first-order valence-electron chi connectivity index (χ1n) is 8.87. The average Bonchev–Trinajstić information content (AvgIpc) is 3.33. The maximum atomic E-state index is 6.15. The molecule has 128 valence electrons. The maximum absolute atomic E-state index is 6.15. The Hall–Kier alpha value is -2.04. The van der Waals surface area contributed by atoms with Crippen LogP contribution in [0, 0.1) is 0 Å². The van der Waals surface area contributed by atoms with Gasteiger partial charge in [0.2, 0.25) is 0 Å². The summed E-state index contributed by atoms with van der Waals surface area (Å²) in [5.74, 6) is 1.87. The van der Waals surface area contributed by atoms with E-state index in [4.69, 9.17) is 9.40 Å². The van der Waals surface area contributed by atoms with E-state index in [1.165, 1.54) is 25.9 Å². The number of rotatable bonds is 6. The Balaban J connectivity index is 1.57. The van der Waals surface area contributed by atoms with E-state index in [9.17, 15) is 0 Å². The highest BCUT2D eigenvalue weighted by Gasteiger charge is 2.17. The molecule has 0 unspecified atom stereocenters. The van der Waals surface area contributed by atoms with Crippen molar-refractivity contribution < 1.29 is 4.42 Å². The summed E-state index contributed by atoms with van der Waals surface area (Å²) < 4.78 is 6.15. The van der Waals surface area contributed by atoms with Crippen molar-refractivity contribution in [2.24, 2.45) is 0 Å². The zero-order chi connectivity index (χ0) is 16.9. The third-order valence-corrected chi connectivity index (χ3v) is 5.33. The Morgan fingerprint density at radius 1 is 0.880 bits per heavy atom. The van der Waals surface area contributed by atoms with Crippen LogP contribution in [-0.2, 0) is 0 Å². The fraction of sp³-hybridized carbons (Fsp3) is 0.286. The van der Waals surface area contributed by atoms with Gasteiger partial charge in [0, 0.05) is 23.4 Å². The van der Waals surface area contributed by atoms with Gasteiger partial charge in [-0.1, -0.05) is 72.4 Å². The first kappa shape index (κ1) is 16.4. The topological polar surface area (TPSA) is 29.3 Å². The van der Waals surface area contributed by atoms with Gasteiger partial charge in [-0.3, -0.25) is 0 Å². The van der Waals surface area contributed by atoms with Gasteiger partial charge in [-0.25, -0.2) is 4.98 Å². The average molecular weight is 350 g/mol. The summed E-state index contributed by atoms with van der Waals surface area (Å²) in [4.78, 5) is 7.32. The van der Waals surface area contributed by atoms with Crippen LogP contribution in [0.1, 0.15) is 12.8 Å². The Morgan fingerprint density at radius 3 is 2.20 bits per heavy atom. The fourth-order valence-electron chi connectivity index (χ4n) is 3.21. The van der Waals surface area contributed by atoms with Gasteiger partial charge in [0.05, 0.1) is 0 Å². The highest BCUT2D eigenvalue weighted by Crippen LogP contribution is 2.35. The quantitative estimate of drug-likeness (QED) is 0.572. The lowest BCUT2D eigenvalue weighted by Crippen LogP contribution is -2.21. The molecule has 0 amide bonds. The van der Waals surface area contributed by atoms with E-state index in [-0.39, 0.29) is 0 Å². The van der Waals surface area contributed by atoms with E-state index < -0.39 is 0 Å². The molecule has 1 aliphatic heterocycles. The molecule has 2 heterocycles. The van der Waals surface area contributed by atoms with Crippen molar-refractivity contribution in [1.29, 1.82) is 0 Å². The first-order valence-corrected chi connectivity index (χ1v) is 9.85. The van der Waals surface area contributed by atoms with E-state index in [2.05, 4.69) is 29.2 Å². The second kappa shape index (κ2) is 7.89. The molecule has 0 spiro atoms. The van der Waals surface area contributed by atoms with E-state index in [1.54, 1.807) is 11.8 Å². The summed E-state index contributed by atoms with van der Waals surface area (Å²) in [7, 11) is 0. The standard InChI is InChI=1S/C21H22N2OS/c1-3-9-17(10-4-1)19-20(18-11-5-2-6-12-18)24-21(22-19)25-16-15-23-13-7-8-14-23/h1-6,9-12H,7-8,13-16H2. The molecule has 0 bridgehead atoms. The maximum Gasteiger partial charge on any atom is 0.256 e. The van der Waals surface area contributed by atoms with Gasteiger partial charge in [0.25, 0.3) is 5.22 Å². The Labute approximate surface area is 153 Å². The molecule has 1 aromatic heterocycles. The monoisotopic (exact) mass is 350 g/mol. The smallest absolute Gasteiger partial charge is 0.256 e. The number of nitrogens with zero attached hydrogens (tertiary/aromatic N) is 2. The summed E-state index contributed by atoms with van der Waals surface area (Å²) in [6.45, 7) is 3.57. The molecule has 1 fully saturated rings. The highest BCUT2D eigenvalue weighted by molar-refractivity contribution is 7.99. The zero-order valence-electron chi connectivity index (χ0n) is 14.2. The molecule has 0 N–H and O–H groups in total. The lowest BCUT2D eigenvalue weighted by atomic mass is 10.1. The van der Waals surface area contributed by atoms with Crippen molar-refractivity contribution in [1.82, 2.24) is 9.88 Å². The summed E-state index contributed by atoms with van der Waals surface area (Å²) in [5.41, 5.74) is 3.09. The van der Waals surface area contributed by atoms with Gasteiger partial charge in [0.1, 0.15) is 5.69 Å². The summed E-state index contributed by atoms with van der Waals surface area (Å²) in [5, 5.41) is 0.761. The van der Waals surface area contributed by atoms with E-state index in [0.29, 0.717) is 0 Å². The molecular formula is C21H22N2OS. The number of benzene rings is 2. The Morgan fingerprint density at radius 2 is 1.52 bits per heavy atom. The number of aromatic nitrogens is 1. The minimum absolute atomic E-state index is 0.761. The lowest BCUT2D eigenvalue weighted by molar-refractivity contribution is 0.361. The lowest BCUT2D eigenvalue weighted by Gasteiger charge is -2.12. The molecule has 4 rings (SSSR count). The second-order valence-electron chi connectivity index (χ2n) is 6.29. The van der Waals surface area contributed by atoms with Crippen LogP contribution >= 0.6 is 11.8 Å². The minimum Gasteiger partial charge on any atom is -0.431 e. The number of hydrogen-bond donors (Lipinski definition) is 0. The summed E-state index contributed by atoms with van der Waals surface area (Å²) in [6, 6.07) is 20.5. The molecule has 1 saturated heterocycles. The van der Waals surface area contributed by atoms with Crippen LogP contribution in [0.25, 0.3) is 22.6 Å². The number of thioether (sulfide) groups is 1. The van der Waals surface area contributed by atoms with Crippen LogP contribution in [-0.4, -0.2) is 35.3 Å². The van der Waals surface area contributed by atoms with E-state index >= 15 is 0 Å². The van der Waals surface area contributed by atoms with E-state index in [1.807, 2.05) is 36.4 Å². The molecule has 0 aliphatic carbocycles. The molecule has 3 aromatic rings.